The largest absolute Gasteiger partial charge is 0.399 e. The molecule has 0 saturated carbocycles. The smallest absolute Gasteiger partial charge is 0.252 e. The standard InChI is InChI=1S/C8H12N2O/c1-3-10-6(2)4-7(9)5-8(10)11/h4-5H,3,9H2,1-2H3. The first-order chi connectivity index (χ1) is 5.15. The summed E-state index contributed by atoms with van der Waals surface area (Å²) in [6.45, 7) is 4.51. The molecule has 0 radical (unpaired) electrons. The van der Waals surface area contributed by atoms with Gasteiger partial charge in [0.05, 0.1) is 0 Å². The maximum absolute atomic E-state index is 11.2. The first-order valence-electron chi connectivity index (χ1n) is 3.62. The first kappa shape index (κ1) is 7.85. The molecule has 0 aliphatic carbocycles. The molecule has 0 fully saturated rings. The van der Waals surface area contributed by atoms with Crippen LogP contribution in [0.2, 0.25) is 0 Å². The number of anilines is 1. The zero-order valence-corrected chi connectivity index (χ0v) is 6.79. The second kappa shape index (κ2) is 2.78. The van der Waals surface area contributed by atoms with Crippen molar-refractivity contribution in [2.45, 2.75) is 20.4 Å². The van der Waals surface area contributed by atoms with E-state index in [9.17, 15) is 4.79 Å². The van der Waals surface area contributed by atoms with E-state index in [4.69, 9.17) is 5.73 Å². The van der Waals surface area contributed by atoms with Crippen molar-refractivity contribution in [3.63, 3.8) is 0 Å². The van der Waals surface area contributed by atoms with Gasteiger partial charge < -0.3 is 10.3 Å². The molecule has 11 heavy (non-hydrogen) atoms. The van der Waals surface area contributed by atoms with E-state index in [1.807, 2.05) is 13.8 Å². The highest BCUT2D eigenvalue weighted by Gasteiger charge is 1.97. The van der Waals surface area contributed by atoms with Gasteiger partial charge in [-0.2, -0.15) is 0 Å². The molecule has 0 bridgehead atoms. The molecule has 1 aromatic heterocycles. The zero-order chi connectivity index (χ0) is 8.43. The lowest BCUT2D eigenvalue weighted by Crippen LogP contribution is -2.20. The van der Waals surface area contributed by atoms with Crippen LogP contribution in [0.25, 0.3) is 0 Å². The van der Waals surface area contributed by atoms with Crippen LogP contribution in [0, 0.1) is 6.92 Å². The van der Waals surface area contributed by atoms with E-state index >= 15 is 0 Å². The summed E-state index contributed by atoms with van der Waals surface area (Å²) in [7, 11) is 0. The molecular weight excluding hydrogens is 140 g/mol. The predicted octanol–water partition coefficient (Wildman–Crippen LogP) is 0.759. The Hall–Kier alpha value is -1.25. The summed E-state index contributed by atoms with van der Waals surface area (Å²) in [5.74, 6) is 0. The highest BCUT2D eigenvalue weighted by Crippen LogP contribution is 2.00. The second-order valence-electron chi connectivity index (χ2n) is 2.51. The average molecular weight is 152 g/mol. The molecule has 0 aliphatic heterocycles. The average Bonchev–Trinajstić information content (AvgIpc) is 1.85. The number of rotatable bonds is 1. The number of aromatic nitrogens is 1. The first-order valence-corrected chi connectivity index (χ1v) is 3.62. The van der Waals surface area contributed by atoms with Crippen LogP contribution in [-0.2, 0) is 6.54 Å². The lowest BCUT2D eigenvalue weighted by Gasteiger charge is -2.06. The van der Waals surface area contributed by atoms with E-state index in [0.29, 0.717) is 12.2 Å². The fourth-order valence-electron chi connectivity index (χ4n) is 1.16. The monoisotopic (exact) mass is 152 g/mol. The summed E-state index contributed by atoms with van der Waals surface area (Å²) >= 11 is 0. The van der Waals surface area contributed by atoms with Gasteiger partial charge in [0, 0.05) is 24.0 Å². The molecule has 1 aromatic rings. The molecule has 3 nitrogen and oxygen atoms in total. The van der Waals surface area contributed by atoms with Crippen molar-refractivity contribution >= 4 is 5.69 Å². The van der Waals surface area contributed by atoms with Crippen molar-refractivity contribution in [1.82, 2.24) is 4.57 Å². The molecular formula is C8H12N2O. The minimum atomic E-state index is -0.0231. The Bertz CT molecular complexity index is 314. The third-order valence-corrected chi connectivity index (χ3v) is 1.67. The summed E-state index contributed by atoms with van der Waals surface area (Å²) in [6, 6.07) is 3.24. The van der Waals surface area contributed by atoms with Crippen LogP contribution in [-0.4, -0.2) is 4.57 Å². The van der Waals surface area contributed by atoms with E-state index in [0.717, 1.165) is 5.69 Å². The second-order valence-corrected chi connectivity index (χ2v) is 2.51. The number of hydrogen-bond donors (Lipinski definition) is 1. The van der Waals surface area contributed by atoms with Gasteiger partial charge in [-0.15, -0.1) is 0 Å². The Morgan fingerprint density at radius 1 is 1.55 bits per heavy atom. The van der Waals surface area contributed by atoms with Gasteiger partial charge in [0.15, 0.2) is 0 Å². The molecule has 3 heteroatoms. The molecule has 1 heterocycles. The number of hydrogen-bond acceptors (Lipinski definition) is 2. The molecule has 60 valence electrons. The molecule has 0 unspecified atom stereocenters. The van der Waals surface area contributed by atoms with E-state index in [2.05, 4.69) is 0 Å². The zero-order valence-electron chi connectivity index (χ0n) is 6.79. The Balaban J connectivity index is 3.37. The van der Waals surface area contributed by atoms with Gasteiger partial charge in [-0.05, 0) is 19.9 Å². The van der Waals surface area contributed by atoms with Gasteiger partial charge >= 0.3 is 0 Å². The molecule has 0 atom stereocenters. The Morgan fingerprint density at radius 3 is 2.64 bits per heavy atom. The maximum Gasteiger partial charge on any atom is 0.252 e. The van der Waals surface area contributed by atoms with Gasteiger partial charge in [0.25, 0.3) is 5.56 Å². The molecule has 0 aromatic carbocycles. The van der Waals surface area contributed by atoms with Crippen LogP contribution in [0.1, 0.15) is 12.6 Å². The van der Waals surface area contributed by atoms with Crippen LogP contribution in [0.15, 0.2) is 16.9 Å². The van der Waals surface area contributed by atoms with Crippen LogP contribution >= 0.6 is 0 Å². The fraction of sp³-hybridized carbons (Fsp3) is 0.375. The van der Waals surface area contributed by atoms with Gasteiger partial charge in [0.2, 0.25) is 0 Å². The van der Waals surface area contributed by atoms with Gasteiger partial charge in [0.1, 0.15) is 0 Å². The molecule has 0 aliphatic rings. The van der Waals surface area contributed by atoms with Gasteiger partial charge in [-0.1, -0.05) is 0 Å². The van der Waals surface area contributed by atoms with E-state index in [1.54, 1.807) is 10.6 Å². The highest BCUT2D eigenvalue weighted by atomic mass is 16.1. The van der Waals surface area contributed by atoms with Crippen molar-refractivity contribution in [2.75, 3.05) is 5.73 Å². The Morgan fingerprint density at radius 2 is 2.18 bits per heavy atom. The number of nitrogens with two attached hydrogens (primary N) is 1. The molecule has 2 N–H and O–H groups in total. The maximum atomic E-state index is 11.2. The molecule has 0 amide bonds. The predicted molar refractivity (Wildman–Crippen MR) is 45.5 cm³/mol. The Labute approximate surface area is 65.5 Å². The van der Waals surface area contributed by atoms with Gasteiger partial charge in [-0.3, -0.25) is 4.79 Å². The number of pyridine rings is 1. The van der Waals surface area contributed by atoms with Crippen molar-refractivity contribution in [3.05, 3.63) is 28.2 Å². The minimum Gasteiger partial charge on any atom is -0.399 e. The lowest BCUT2D eigenvalue weighted by atomic mass is 10.3. The highest BCUT2D eigenvalue weighted by molar-refractivity contribution is 5.37. The summed E-state index contributed by atoms with van der Waals surface area (Å²) in [5.41, 5.74) is 6.90. The quantitative estimate of drug-likeness (QED) is 0.645. The molecule has 0 saturated heterocycles. The lowest BCUT2D eigenvalue weighted by molar-refractivity contribution is 0.701. The van der Waals surface area contributed by atoms with E-state index < -0.39 is 0 Å². The topological polar surface area (TPSA) is 48.0 Å². The van der Waals surface area contributed by atoms with E-state index in [-0.39, 0.29) is 5.56 Å². The SMILES string of the molecule is CCn1c(C)cc(N)cc1=O. The van der Waals surface area contributed by atoms with Crippen molar-refractivity contribution in [2.24, 2.45) is 0 Å². The fourth-order valence-corrected chi connectivity index (χ4v) is 1.16. The third-order valence-electron chi connectivity index (χ3n) is 1.67. The van der Waals surface area contributed by atoms with E-state index in [1.165, 1.54) is 6.07 Å². The minimum absolute atomic E-state index is 0.0231. The third kappa shape index (κ3) is 1.42. The number of aryl methyl sites for hydroxylation is 1. The summed E-state index contributed by atoms with van der Waals surface area (Å²) in [4.78, 5) is 11.2. The molecule has 1 rings (SSSR count). The van der Waals surface area contributed by atoms with Crippen LogP contribution < -0.4 is 11.3 Å². The molecule has 0 spiro atoms. The summed E-state index contributed by atoms with van der Waals surface area (Å²) < 4.78 is 1.68. The Kier molecular flexibility index (Phi) is 1.98. The van der Waals surface area contributed by atoms with Crippen LogP contribution in [0.3, 0.4) is 0 Å². The van der Waals surface area contributed by atoms with Crippen molar-refractivity contribution in [1.29, 1.82) is 0 Å². The number of nitrogens with zero attached hydrogens (tertiary/aromatic N) is 1. The van der Waals surface area contributed by atoms with Crippen LogP contribution in [0.5, 0.6) is 0 Å². The summed E-state index contributed by atoms with van der Waals surface area (Å²) in [5, 5.41) is 0. The normalized spacial score (nSPS) is 10.0. The van der Waals surface area contributed by atoms with Crippen molar-refractivity contribution < 1.29 is 0 Å². The van der Waals surface area contributed by atoms with Crippen molar-refractivity contribution in [3.8, 4) is 0 Å². The summed E-state index contributed by atoms with van der Waals surface area (Å²) in [6.07, 6.45) is 0. The van der Waals surface area contributed by atoms with Gasteiger partial charge in [-0.25, -0.2) is 0 Å². The van der Waals surface area contributed by atoms with Crippen LogP contribution in [0.4, 0.5) is 5.69 Å². The number of nitrogen functional groups attached to an aromatic ring is 1.